The second-order valence-electron chi connectivity index (χ2n) is 4.15. The van der Waals surface area contributed by atoms with E-state index in [2.05, 4.69) is 0 Å². The summed E-state index contributed by atoms with van der Waals surface area (Å²) in [5.74, 6) is -0.316. The number of esters is 1. The van der Waals surface area contributed by atoms with Gasteiger partial charge in [0.2, 0.25) is 5.91 Å². The normalized spacial score (nSPS) is 20.1. The molecule has 1 amide bonds. The molecule has 0 bridgehead atoms. The fourth-order valence-electron chi connectivity index (χ4n) is 2.02. The van der Waals surface area contributed by atoms with Crippen LogP contribution >= 0.6 is 0 Å². The van der Waals surface area contributed by atoms with Gasteiger partial charge in [0, 0.05) is 19.7 Å². The highest BCUT2D eigenvalue weighted by molar-refractivity contribution is 5.78. The summed E-state index contributed by atoms with van der Waals surface area (Å²) in [6.45, 7) is 4.20. The van der Waals surface area contributed by atoms with Crippen LogP contribution in [0.15, 0.2) is 0 Å². The van der Waals surface area contributed by atoms with Crippen molar-refractivity contribution in [3.8, 4) is 0 Å². The van der Waals surface area contributed by atoms with E-state index in [0.717, 1.165) is 19.4 Å². The van der Waals surface area contributed by atoms with Crippen LogP contribution in [-0.2, 0) is 19.1 Å². The predicted molar refractivity (Wildman–Crippen MR) is 62.4 cm³/mol. The molecule has 5 heteroatoms. The third-order valence-electron chi connectivity index (χ3n) is 2.97. The topological polar surface area (TPSA) is 55.8 Å². The van der Waals surface area contributed by atoms with E-state index >= 15 is 0 Å². The lowest BCUT2D eigenvalue weighted by molar-refractivity contribution is -0.149. The molecule has 0 saturated carbocycles. The van der Waals surface area contributed by atoms with E-state index in [4.69, 9.17) is 9.47 Å². The van der Waals surface area contributed by atoms with Gasteiger partial charge in [-0.25, -0.2) is 0 Å². The summed E-state index contributed by atoms with van der Waals surface area (Å²) >= 11 is 0. The molecule has 0 N–H and O–H groups in total. The van der Waals surface area contributed by atoms with E-state index in [1.807, 2.05) is 6.92 Å². The van der Waals surface area contributed by atoms with Gasteiger partial charge in [0.05, 0.1) is 26.1 Å². The monoisotopic (exact) mass is 243 g/mol. The van der Waals surface area contributed by atoms with Crippen molar-refractivity contribution in [2.45, 2.75) is 26.2 Å². The number of rotatable bonds is 5. The summed E-state index contributed by atoms with van der Waals surface area (Å²) in [5, 5.41) is 0. The maximum absolute atomic E-state index is 11.8. The molecule has 1 unspecified atom stereocenters. The number of methoxy groups -OCH3 is 1. The average molecular weight is 243 g/mol. The highest BCUT2D eigenvalue weighted by Gasteiger charge is 2.28. The van der Waals surface area contributed by atoms with Gasteiger partial charge < -0.3 is 14.4 Å². The molecule has 1 atom stereocenters. The number of amides is 1. The number of likely N-dealkylation sites (tertiary alicyclic amines) is 1. The number of nitrogens with zero attached hydrogens (tertiary/aromatic N) is 1. The molecule has 1 saturated heterocycles. The fraction of sp³-hybridized carbons (Fsp3) is 0.833. The fourth-order valence-corrected chi connectivity index (χ4v) is 2.02. The molecule has 0 aromatic rings. The SMILES string of the molecule is CCOCCC(=O)N1CCCC(C(=O)OC)C1. The molecule has 1 rings (SSSR count). The molecule has 1 heterocycles. The third-order valence-corrected chi connectivity index (χ3v) is 2.97. The molecule has 5 nitrogen and oxygen atoms in total. The number of hydrogen-bond donors (Lipinski definition) is 0. The van der Waals surface area contributed by atoms with Crippen LogP contribution in [-0.4, -0.2) is 50.2 Å². The van der Waals surface area contributed by atoms with Gasteiger partial charge in [0.1, 0.15) is 0 Å². The molecule has 98 valence electrons. The molecule has 1 fully saturated rings. The van der Waals surface area contributed by atoms with Crippen LogP contribution < -0.4 is 0 Å². The minimum absolute atomic E-state index is 0.0621. The van der Waals surface area contributed by atoms with E-state index in [-0.39, 0.29) is 17.8 Å². The Bertz CT molecular complexity index is 267. The van der Waals surface area contributed by atoms with Gasteiger partial charge in [-0.3, -0.25) is 9.59 Å². The van der Waals surface area contributed by atoms with Crippen LogP contribution in [0.25, 0.3) is 0 Å². The number of piperidine rings is 1. The van der Waals surface area contributed by atoms with Crippen molar-refractivity contribution in [3.05, 3.63) is 0 Å². The third kappa shape index (κ3) is 4.34. The van der Waals surface area contributed by atoms with Gasteiger partial charge in [0.15, 0.2) is 0 Å². The summed E-state index contributed by atoms with van der Waals surface area (Å²) in [7, 11) is 1.39. The molecule has 0 aromatic heterocycles. The van der Waals surface area contributed by atoms with Crippen molar-refractivity contribution in [3.63, 3.8) is 0 Å². The highest BCUT2D eigenvalue weighted by atomic mass is 16.5. The standard InChI is InChI=1S/C12H21NO4/c1-3-17-8-6-11(14)13-7-4-5-10(9-13)12(15)16-2/h10H,3-9H2,1-2H3. The van der Waals surface area contributed by atoms with Gasteiger partial charge in [-0.1, -0.05) is 0 Å². The van der Waals surface area contributed by atoms with Crippen molar-refractivity contribution in [2.75, 3.05) is 33.4 Å². The first-order valence-electron chi connectivity index (χ1n) is 6.12. The van der Waals surface area contributed by atoms with Gasteiger partial charge in [0.25, 0.3) is 0 Å². The molecule has 17 heavy (non-hydrogen) atoms. The lowest BCUT2D eigenvalue weighted by atomic mass is 9.98. The summed E-state index contributed by atoms with van der Waals surface area (Å²) in [4.78, 5) is 25.0. The smallest absolute Gasteiger partial charge is 0.310 e. The van der Waals surface area contributed by atoms with Crippen molar-refractivity contribution in [1.29, 1.82) is 0 Å². The lowest BCUT2D eigenvalue weighted by Gasteiger charge is -2.31. The largest absolute Gasteiger partial charge is 0.469 e. The summed E-state index contributed by atoms with van der Waals surface area (Å²) in [6, 6.07) is 0. The Hall–Kier alpha value is -1.10. The zero-order chi connectivity index (χ0) is 12.7. The van der Waals surface area contributed by atoms with Crippen LogP contribution in [0.1, 0.15) is 26.2 Å². The maximum Gasteiger partial charge on any atom is 0.310 e. The number of hydrogen-bond acceptors (Lipinski definition) is 4. The van der Waals surface area contributed by atoms with E-state index in [1.54, 1.807) is 4.90 Å². The number of ether oxygens (including phenoxy) is 2. The van der Waals surface area contributed by atoms with Crippen LogP contribution in [0.4, 0.5) is 0 Å². The number of carbonyl (C=O) groups is 2. The summed E-state index contributed by atoms with van der Waals surface area (Å²) in [6.07, 6.45) is 2.06. The second-order valence-corrected chi connectivity index (χ2v) is 4.15. The molecule has 0 aliphatic carbocycles. The molecular weight excluding hydrogens is 222 g/mol. The lowest BCUT2D eigenvalue weighted by Crippen LogP contribution is -2.42. The zero-order valence-corrected chi connectivity index (χ0v) is 10.6. The quantitative estimate of drug-likeness (QED) is 0.530. The molecule has 1 aliphatic rings. The van der Waals surface area contributed by atoms with Gasteiger partial charge in [-0.2, -0.15) is 0 Å². The first-order chi connectivity index (χ1) is 8.19. The number of carbonyl (C=O) groups excluding carboxylic acids is 2. The predicted octanol–water partition coefficient (Wildman–Crippen LogP) is 0.825. The molecule has 0 radical (unpaired) electrons. The molecule has 0 aromatic carbocycles. The molecule has 1 aliphatic heterocycles. The second kappa shape index (κ2) is 7.27. The Morgan fingerprint density at radius 2 is 2.18 bits per heavy atom. The minimum Gasteiger partial charge on any atom is -0.469 e. The van der Waals surface area contributed by atoms with E-state index in [0.29, 0.717) is 26.2 Å². The molecular formula is C12H21NO4. The Kier molecular flexibility index (Phi) is 5.97. The Balaban J connectivity index is 2.37. The van der Waals surface area contributed by atoms with Crippen molar-refractivity contribution in [1.82, 2.24) is 4.90 Å². The van der Waals surface area contributed by atoms with Crippen LogP contribution in [0, 0.1) is 5.92 Å². The van der Waals surface area contributed by atoms with Gasteiger partial charge in [-0.15, -0.1) is 0 Å². The van der Waals surface area contributed by atoms with Gasteiger partial charge in [-0.05, 0) is 19.8 Å². The maximum atomic E-state index is 11.8. The van der Waals surface area contributed by atoms with Crippen molar-refractivity contribution < 1.29 is 19.1 Å². The van der Waals surface area contributed by atoms with Crippen LogP contribution in [0.3, 0.4) is 0 Å². The summed E-state index contributed by atoms with van der Waals surface area (Å²) in [5.41, 5.74) is 0. The highest BCUT2D eigenvalue weighted by Crippen LogP contribution is 2.18. The zero-order valence-electron chi connectivity index (χ0n) is 10.6. The Labute approximate surface area is 102 Å². The van der Waals surface area contributed by atoms with Crippen LogP contribution in [0.5, 0.6) is 0 Å². The van der Waals surface area contributed by atoms with E-state index < -0.39 is 0 Å². The van der Waals surface area contributed by atoms with Crippen molar-refractivity contribution in [2.24, 2.45) is 5.92 Å². The van der Waals surface area contributed by atoms with Gasteiger partial charge >= 0.3 is 5.97 Å². The minimum atomic E-state index is -0.215. The van der Waals surface area contributed by atoms with E-state index in [1.165, 1.54) is 7.11 Å². The molecule has 0 spiro atoms. The first-order valence-corrected chi connectivity index (χ1v) is 6.12. The Morgan fingerprint density at radius 1 is 1.41 bits per heavy atom. The average Bonchev–Trinajstić information content (AvgIpc) is 2.38. The van der Waals surface area contributed by atoms with Crippen molar-refractivity contribution >= 4 is 11.9 Å². The van der Waals surface area contributed by atoms with Crippen LogP contribution in [0.2, 0.25) is 0 Å². The summed E-state index contributed by atoms with van der Waals surface area (Å²) < 4.78 is 9.87. The van der Waals surface area contributed by atoms with E-state index in [9.17, 15) is 9.59 Å². The first kappa shape index (κ1) is 14.0. The Morgan fingerprint density at radius 3 is 2.82 bits per heavy atom.